The fraction of sp³-hybridized carbons (Fsp3) is 0.167. The highest BCUT2D eigenvalue weighted by atomic mass is 32.1. The first kappa shape index (κ1) is 5.63. The van der Waals surface area contributed by atoms with Crippen molar-refractivity contribution in [2.45, 2.75) is 11.8 Å². The van der Waals surface area contributed by atoms with Crippen molar-refractivity contribution in [3.63, 3.8) is 0 Å². The lowest BCUT2D eigenvalue weighted by atomic mass is 10.4. The summed E-state index contributed by atoms with van der Waals surface area (Å²) in [5, 5.41) is 0. The van der Waals surface area contributed by atoms with Gasteiger partial charge in [0.1, 0.15) is 0 Å². The molecular weight excluding hydrogens is 118 g/mol. The maximum absolute atomic E-state index is 4.14. The largest absolute Gasteiger partial charge is 0.260 e. The molecule has 0 spiro atoms. The van der Waals surface area contributed by atoms with Crippen molar-refractivity contribution in [3.05, 3.63) is 24.0 Å². The molecule has 1 aromatic rings. The molecule has 0 aromatic carbocycles. The van der Waals surface area contributed by atoms with Crippen LogP contribution in [-0.4, -0.2) is 4.98 Å². The third kappa shape index (κ3) is 1.01. The zero-order valence-corrected chi connectivity index (χ0v) is 5.52. The van der Waals surface area contributed by atoms with Crippen LogP contribution in [0, 0.1) is 6.92 Å². The summed E-state index contributed by atoms with van der Waals surface area (Å²) in [6, 6.07) is 3.79. The minimum Gasteiger partial charge on any atom is -0.260 e. The van der Waals surface area contributed by atoms with Gasteiger partial charge < -0.3 is 0 Å². The third-order valence-electron chi connectivity index (χ3n) is 0.979. The molecule has 0 radical (unpaired) electrons. The van der Waals surface area contributed by atoms with Gasteiger partial charge in [-0.2, -0.15) is 0 Å². The minimum absolute atomic E-state index is 0.951. The molecule has 0 saturated heterocycles. The van der Waals surface area contributed by atoms with Gasteiger partial charge in [0, 0.05) is 11.1 Å². The number of aryl methyl sites for hydroxylation is 1. The lowest BCUT2D eigenvalue weighted by Crippen LogP contribution is -1.78. The Labute approximate surface area is 54.2 Å². The Kier molecular flexibility index (Phi) is 1.53. The molecule has 0 fully saturated rings. The Morgan fingerprint density at radius 2 is 2.38 bits per heavy atom. The number of rotatable bonds is 0. The van der Waals surface area contributed by atoms with Crippen molar-refractivity contribution in [3.8, 4) is 0 Å². The first-order valence-corrected chi connectivity index (χ1v) is 2.86. The molecule has 0 unspecified atom stereocenters. The third-order valence-corrected chi connectivity index (χ3v) is 1.45. The molecule has 1 nitrogen and oxygen atoms in total. The van der Waals surface area contributed by atoms with Crippen LogP contribution in [0.2, 0.25) is 0 Å². The molecule has 0 bridgehead atoms. The van der Waals surface area contributed by atoms with E-state index in [4.69, 9.17) is 0 Å². The van der Waals surface area contributed by atoms with Gasteiger partial charge >= 0.3 is 0 Å². The summed E-state index contributed by atoms with van der Waals surface area (Å²) in [7, 11) is 0. The second kappa shape index (κ2) is 2.18. The standard InChI is InChI=1S/C6H7NS/c1-5-6(8)3-2-4-7-5/h2-4,8H,1H3. The average molecular weight is 125 g/mol. The summed E-state index contributed by atoms with van der Waals surface area (Å²) in [6.45, 7) is 1.93. The van der Waals surface area contributed by atoms with Crippen LogP contribution in [0.1, 0.15) is 5.69 Å². The molecule has 0 aliphatic heterocycles. The molecule has 0 aliphatic carbocycles. The molecule has 2 heteroatoms. The molecular formula is C6H7NS. The van der Waals surface area contributed by atoms with E-state index >= 15 is 0 Å². The van der Waals surface area contributed by atoms with Gasteiger partial charge in [0.05, 0.1) is 5.69 Å². The Morgan fingerprint density at radius 1 is 1.62 bits per heavy atom. The van der Waals surface area contributed by atoms with E-state index in [-0.39, 0.29) is 0 Å². The van der Waals surface area contributed by atoms with E-state index in [0.717, 1.165) is 10.6 Å². The highest BCUT2D eigenvalue weighted by Gasteiger charge is 1.86. The molecule has 0 saturated carbocycles. The van der Waals surface area contributed by atoms with Crippen molar-refractivity contribution in [2.24, 2.45) is 0 Å². The molecule has 1 rings (SSSR count). The number of thiol groups is 1. The first-order chi connectivity index (χ1) is 3.80. The van der Waals surface area contributed by atoms with E-state index in [9.17, 15) is 0 Å². The normalized spacial score (nSPS) is 9.25. The fourth-order valence-corrected chi connectivity index (χ4v) is 0.620. The second-order valence-electron chi connectivity index (χ2n) is 1.61. The molecule has 1 heterocycles. The zero-order valence-electron chi connectivity index (χ0n) is 4.63. The molecule has 0 N–H and O–H groups in total. The van der Waals surface area contributed by atoms with Crippen molar-refractivity contribution in [1.82, 2.24) is 4.98 Å². The van der Waals surface area contributed by atoms with Gasteiger partial charge in [-0.1, -0.05) is 0 Å². The van der Waals surface area contributed by atoms with E-state index in [2.05, 4.69) is 17.6 Å². The van der Waals surface area contributed by atoms with Crippen molar-refractivity contribution >= 4 is 12.6 Å². The number of hydrogen-bond donors (Lipinski definition) is 1. The van der Waals surface area contributed by atoms with Crippen LogP contribution in [0.3, 0.4) is 0 Å². The van der Waals surface area contributed by atoms with Gasteiger partial charge in [-0.15, -0.1) is 12.6 Å². The molecule has 0 aliphatic rings. The van der Waals surface area contributed by atoms with Crippen LogP contribution in [0.4, 0.5) is 0 Å². The van der Waals surface area contributed by atoms with Gasteiger partial charge in [-0.25, -0.2) is 0 Å². The highest BCUT2D eigenvalue weighted by Crippen LogP contribution is 2.06. The average Bonchev–Trinajstić information content (AvgIpc) is 1.77. The van der Waals surface area contributed by atoms with Gasteiger partial charge in [-0.3, -0.25) is 4.98 Å². The maximum atomic E-state index is 4.14. The fourth-order valence-electron chi connectivity index (χ4n) is 0.476. The zero-order chi connectivity index (χ0) is 5.98. The van der Waals surface area contributed by atoms with E-state index in [1.54, 1.807) is 6.20 Å². The molecule has 0 atom stereocenters. The molecule has 42 valence electrons. The van der Waals surface area contributed by atoms with Crippen molar-refractivity contribution in [2.75, 3.05) is 0 Å². The summed E-state index contributed by atoms with van der Waals surface area (Å²) < 4.78 is 0. The minimum atomic E-state index is 0.951. The van der Waals surface area contributed by atoms with Crippen LogP contribution in [0.25, 0.3) is 0 Å². The summed E-state index contributed by atoms with van der Waals surface area (Å²) in [5.41, 5.74) is 0.982. The van der Waals surface area contributed by atoms with Crippen LogP contribution in [0.15, 0.2) is 23.2 Å². The van der Waals surface area contributed by atoms with Gasteiger partial charge in [0.15, 0.2) is 0 Å². The summed E-state index contributed by atoms with van der Waals surface area (Å²) in [6.07, 6.45) is 1.76. The summed E-state index contributed by atoms with van der Waals surface area (Å²) in [4.78, 5) is 4.95. The Bertz CT molecular complexity index is 165. The summed E-state index contributed by atoms with van der Waals surface area (Å²) in [5.74, 6) is 0. The predicted octanol–water partition coefficient (Wildman–Crippen LogP) is 1.68. The second-order valence-corrected chi connectivity index (χ2v) is 2.09. The predicted molar refractivity (Wildman–Crippen MR) is 36.2 cm³/mol. The molecule has 1 aromatic heterocycles. The van der Waals surface area contributed by atoms with Gasteiger partial charge in [0.25, 0.3) is 0 Å². The summed E-state index contributed by atoms with van der Waals surface area (Å²) >= 11 is 4.14. The van der Waals surface area contributed by atoms with Crippen LogP contribution in [0.5, 0.6) is 0 Å². The SMILES string of the molecule is Cc1ncccc1S. The van der Waals surface area contributed by atoms with Crippen LogP contribution < -0.4 is 0 Å². The number of nitrogens with zero attached hydrogens (tertiary/aromatic N) is 1. The van der Waals surface area contributed by atoms with E-state index in [1.165, 1.54) is 0 Å². The van der Waals surface area contributed by atoms with E-state index in [0.29, 0.717) is 0 Å². The monoisotopic (exact) mass is 125 g/mol. The molecule has 8 heavy (non-hydrogen) atoms. The smallest absolute Gasteiger partial charge is 0.0505 e. The Hall–Kier alpha value is -0.500. The maximum Gasteiger partial charge on any atom is 0.0505 e. The van der Waals surface area contributed by atoms with Crippen LogP contribution >= 0.6 is 12.6 Å². The van der Waals surface area contributed by atoms with Gasteiger partial charge in [-0.05, 0) is 19.1 Å². The van der Waals surface area contributed by atoms with Crippen molar-refractivity contribution in [1.29, 1.82) is 0 Å². The van der Waals surface area contributed by atoms with Crippen LogP contribution in [-0.2, 0) is 0 Å². The number of hydrogen-bond acceptors (Lipinski definition) is 2. The first-order valence-electron chi connectivity index (χ1n) is 2.41. The van der Waals surface area contributed by atoms with Gasteiger partial charge in [0.2, 0.25) is 0 Å². The molecule has 0 amide bonds. The van der Waals surface area contributed by atoms with Crippen molar-refractivity contribution < 1.29 is 0 Å². The lowest BCUT2D eigenvalue weighted by molar-refractivity contribution is 1.12. The quantitative estimate of drug-likeness (QED) is 0.520. The highest BCUT2D eigenvalue weighted by molar-refractivity contribution is 7.80. The van der Waals surface area contributed by atoms with E-state index < -0.39 is 0 Å². The number of aromatic nitrogens is 1. The Balaban J connectivity index is 3.13. The van der Waals surface area contributed by atoms with E-state index in [1.807, 2.05) is 19.1 Å². The number of pyridine rings is 1. The Morgan fingerprint density at radius 3 is 2.75 bits per heavy atom. The topological polar surface area (TPSA) is 12.9 Å². The lowest BCUT2D eigenvalue weighted by Gasteiger charge is -1.91.